The number of hydrogen-bond donors (Lipinski definition) is 0. The fourth-order valence-corrected chi connectivity index (χ4v) is 1.96. The smallest absolute Gasteiger partial charge is 0.225 e. The first-order valence-corrected chi connectivity index (χ1v) is 5.48. The molecule has 3 aromatic rings. The first kappa shape index (κ1) is 10.4. The van der Waals surface area contributed by atoms with Gasteiger partial charge in [0.1, 0.15) is 11.8 Å². The first-order chi connectivity index (χ1) is 8.25. The number of imidazole rings is 1. The van der Waals surface area contributed by atoms with Gasteiger partial charge in [-0.15, -0.1) is 0 Å². The van der Waals surface area contributed by atoms with Gasteiger partial charge < -0.3 is 0 Å². The Bertz CT molecular complexity index is 680. The quantitative estimate of drug-likeness (QED) is 0.501. The summed E-state index contributed by atoms with van der Waals surface area (Å²) in [4.78, 5) is 16.1. The van der Waals surface area contributed by atoms with Crippen LogP contribution in [0.2, 0.25) is 10.4 Å². The van der Waals surface area contributed by atoms with Gasteiger partial charge in [-0.2, -0.15) is 4.98 Å². The summed E-state index contributed by atoms with van der Waals surface area (Å²) in [6, 6.07) is 3.68. The highest BCUT2D eigenvalue weighted by molar-refractivity contribution is 6.35. The van der Waals surface area contributed by atoms with E-state index >= 15 is 0 Å². The van der Waals surface area contributed by atoms with Crippen molar-refractivity contribution in [1.82, 2.24) is 24.5 Å². The minimum absolute atomic E-state index is 0.0957. The molecule has 0 bridgehead atoms. The molecule has 3 rings (SSSR count). The lowest BCUT2D eigenvalue weighted by Gasteiger charge is -2.02. The fraction of sp³-hybridized carbons (Fsp3) is 0. The molecule has 84 valence electrons. The van der Waals surface area contributed by atoms with Gasteiger partial charge in [-0.05, 0) is 23.7 Å². The average molecular weight is 266 g/mol. The number of halogens is 2. The third-order valence-electron chi connectivity index (χ3n) is 2.27. The molecule has 0 unspecified atom stereocenters. The van der Waals surface area contributed by atoms with Crippen LogP contribution in [-0.4, -0.2) is 24.5 Å². The molecule has 0 aromatic carbocycles. The van der Waals surface area contributed by atoms with Gasteiger partial charge in [0.05, 0.1) is 5.69 Å². The predicted molar refractivity (Wildman–Crippen MR) is 64.5 cm³/mol. The van der Waals surface area contributed by atoms with E-state index in [1.165, 1.54) is 0 Å². The molecule has 0 saturated carbocycles. The van der Waals surface area contributed by atoms with Crippen LogP contribution in [0.5, 0.6) is 0 Å². The number of aromatic nitrogens is 5. The number of rotatable bonds is 1. The summed E-state index contributed by atoms with van der Waals surface area (Å²) >= 11 is 11.7. The Hall–Kier alpha value is -1.72. The van der Waals surface area contributed by atoms with Crippen molar-refractivity contribution in [3.05, 3.63) is 41.3 Å². The number of pyridine rings is 1. The van der Waals surface area contributed by atoms with Gasteiger partial charge in [0, 0.05) is 12.4 Å². The van der Waals surface area contributed by atoms with Gasteiger partial charge in [0.2, 0.25) is 5.28 Å². The summed E-state index contributed by atoms with van der Waals surface area (Å²) in [6.45, 7) is 0. The second kappa shape index (κ2) is 3.94. The molecule has 5 nitrogen and oxygen atoms in total. The molecule has 0 amide bonds. The second-order valence-corrected chi connectivity index (χ2v) is 3.97. The van der Waals surface area contributed by atoms with Crippen molar-refractivity contribution < 1.29 is 0 Å². The van der Waals surface area contributed by atoms with E-state index in [2.05, 4.69) is 19.9 Å². The van der Waals surface area contributed by atoms with Crippen LogP contribution in [0.15, 0.2) is 30.9 Å². The number of hydrogen-bond acceptors (Lipinski definition) is 4. The van der Waals surface area contributed by atoms with Crippen LogP contribution < -0.4 is 0 Å². The zero-order chi connectivity index (χ0) is 11.8. The van der Waals surface area contributed by atoms with Crippen LogP contribution in [0.4, 0.5) is 0 Å². The summed E-state index contributed by atoms with van der Waals surface area (Å²) in [7, 11) is 0. The van der Waals surface area contributed by atoms with Crippen molar-refractivity contribution in [2.75, 3.05) is 0 Å². The topological polar surface area (TPSA) is 56.5 Å². The second-order valence-electron chi connectivity index (χ2n) is 3.28. The van der Waals surface area contributed by atoms with E-state index < -0.39 is 0 Å². The monoisotopic (exact) mass is 265 g/mol. The molecule has 3 heterocycles. The third kappa shape index (κ3) is 1.73. The van der Waals surface area contributed by atoms with E-state index in [1.54, 1.807) is 23.3 Å². The maximum absolute atomic E-state index is 5.94. The summed E-state index contributed by atoms with van der Waals surface area (Å²) in [5.41, 5.74) is 1.97. The minimum Gasteiger partial charge on any atom is -0.283 e. The number of fused-ring (bicyclic) bond motifs is 1. The maximum Gasteiger partial charge on any atom is 0.225 e. The molecule has 0 spiro atoms. The van der Waals surface area contributed by atoms with Crippen LogP contribution >= 0.6 is 23.2 Å². The third-order valence-corrected chi connectivity index (χ3v) is 2.70. The molecule has 0 radical (unpaired) electrons. The van der Waals surface area contributed by atoms with Crippen LogP contribution in [-0.2, 0) is 0 Å². The maximum atomic E-state index is 5.94. The summed E-state index contributed by atoms with van der Waals surface area (Å²) in [6.07, 6.45) is 4.99. The van der Waals surface area contributed by atoms with Crippen LogP contribution in [0, 0.1) is 0 Å². The molecule has 7 heteroatoms. The van der Waals surface area contributed by atoms with E-state index in [0.29, 0.717) is 11.2 Å². The normalized spacial score (nSPS) is 10.9. The zero-order valence-electron chi connectivity index (χ0n) is 8.38. The van der Waals surface area contributed by atoms with Crippen molar-refractivity contribution in [3.8, 4) is 5.69 Å². The lowest BCUT2D eigenvalue weighted by molar-refractivity contribution is 1.05. The van der Waals surface area contributed by atoms with E-state index in [0.717, 1.165) is 5.69 Å². The number of nitrogens with zero attached hydrogens (tertiary/aromatic N) is 5. The van der Waals surface area contributed by atoms with Crippen molar-refractivity contribution >= 4 is 34.4 Å². The molecule has 17 heavy (non-hydrogen) atoms. The van der Waals surface area contributed by atoms with Gasteiger partial charge in [-0.25, -0.2) is 9.97 Å². The minimum atomic E-state index is 0.0957. The molecular weight excluding hydrogens is 261 g/mol. The lowest BCUT2D eigenvalue weighted by atomic mass is 10.4. The van der Waals surface area contributed by atoms with E-state index in [1.807, 2.05) is 12.1 Å². The Balaban J connectivity index is 2.32. The van der Waals surface area contributed by atoms with Crippen molar-refractivity contribution in [3.63, 3.8) is 0 Å². The van der Waals surface area contributed by atoms with Crippen molar-refractivity contribution in [2.24, 2.45) is 0 Å². The largest absolute Gasteiger partial charge is 0.283 e. The summed E-state index contributed by atoms with van der Waals surface area (Å²) in [5.74, 6) is 0. The highest BCUT2D eigenvalue weighted by atomic mass is 35.5. The van der Waals surface area contributed by atoms with Crippen LogP contribution in [0.1, 0.15) is 0 Å². The van der Waals surface area contributed by atoms with Gasteiger partial charge in [-0.1, -0.05) is 11.6 Å². The SMILES string of the molecule is Clc1nc(Cl)c2ncn(-c3ccncc3)c2n1. The van der Waals surface area contributed by atoms with Gasteiger partial charge in [0.15, 0.2) is 10.8 Å². The summed E-state index contributed by atoms with van der Waals surface area (Å²) in [5, 5.41) is 0.339. The standard InChI is InChI=1S/C10H5Cl2N5/c11-8-7-9(16-10(12)15-8)17(5-14-7)6-1-3-13-4-2-6/h1-5H. The Morgan fingerprint density at radius 2 is 1.82 bits per heavy atom. The first-order valence-electron chi connectivity index (χ1n) is 4.72. The average Bonchev–Trinajstić information content (AvgIpc) is 2.74. The molecule has 0 aliphatic carbocycles. The van der Waals surface area contributed by atoms with Crippen LogP contribution in [0.25, 0.3) is 16.9 Å². The van der Waals surface area contributed by atoms with Crippen molar-refractivity contribution in [2.45, 2.75) is 0 Å². The van der Waals surface area contributed by atoms with Crippen molar-refractivity contribution in [1.29, 1.82) is 0 Å². The Labute approximate surface area is 106 Å². The molecule has 3 aromatic heterocycles. The van der Waals surface area contributed by atoms with Gasteiger partial charge >= 0.3 is 0 Å². The van der Waals surface area contributed by atoms with Gasteiger partial charge in [0.25, 0.3) is 0 Å². The van der Waals surface area contributed by atoms with Gasteiger partial charge in [-0.3, -0.25) is 9.55 Å². The van der Waals surface area contributed by atoms with Crippen LogP contribution in [0.3, 0.4) is 0 Å². The van der Waals surface area contributed by atoms with E-state index in [9.17, 15) is 0 Å². The highest BCUT2D eigenvalue weighted by Gasteiger charge is 2.11. The lowest BCUT2D eigenvalue weighted by Crippen LogP contribution is -1.95. The summed E-state index contributed by atoms with van der Waals surface area (Å²) < 4.78 is 1.77. The molecule has 0 fully saturated rings. The highest BCUT2D eigenvalue weighted by Crippen LogP contribution is 2.22. The molecule has 0 aliphatic rings. The fourth-order valence-electron chi connectivity index (χ4n) is 1.53. The Morgan fingerprint density at radius 3 is 2.59 bits per heavy atom. The zero-order valence-corrected chi connectivity index (χ0v) is 9.89. The molecule has 0 N–H and O–H groups in total. The van der Waals surface area contributed by atoms with E-state index in [4.69, 9.17) is 23.2 Å². The Kier molecular flexibility index (Phi) is 2.42. The van der Waals surface area contributed by atoms with E-state index in [-0.39, 0.29) is 10.4 Å². The molecular formula is C10H5Cl2N5. The Morgan fingerprint density at radius 1 is 1.06 bits per heavy atom. The predicted octanol–water partition coefficient (Wildman–Crippen LogP) is 2.52. The molecule has 0 atom stereocenters. The molecule has 0 aliphatic heterocycles. The molecule has 0 saturated heterocycles.